The molecule has 2 heterocycles. The zero-order valence-electron chi connectivity index (χ0n) is 10.2. The summed E-state index contributed by atoms with van der Waals surface area (Å²) in [6.07, 6.45) is 2.28. The van der Waals surface area contributed by atoms with Gasteiger partial charge in [-0.25, -0.2) is 4.98 Å². The molecule has 102 valence electrons. The first kappa shape index (κ1) is 12.1. The van der Waals surface area contributed by atoms with Crippen molar-refractivity contribution >= 4 is 17.1 Å². The summed E-state index contributed by atoms with van der Waals surface area (Å²) in [5, 5.41) is 18.6. The summed E-state index contributed by atoms with van der Waals surface area (Å²) in [5.74, 6) is 0.202. The number of H-pyrrole nitrogens is 1. The molecule has 0 spiro atoms. The predicted molar refractivity (Wildman–Crippen MR) is 67.3 cm³/mol. The maximum Gasteiger partial charge on any atom is 0.280 e. The van der Waals surface area contributed by atoms with Gasteiger partial charge < -0.3 is 20.5 Å². The molecule has 2 aromatic rings. The second kappa shape index (κ2) is 4.04. The van der Waals surface area contributed by atoms with Gasteiger partial charge in [-0.2, -0.15) is 4.98 Å². The SMILES string of the molecule is Nc1nc2c(ncn2C[C@H]2CC2(CO)CO)c(=O)[nH]1. The molecule has 0 radical (unpaired) electrons. The number of nitrogens with one attached hydrogen (secondary N) is 1. The van der Waals surface area contributed by atoms with Crippen LogP contribution in [0.1, 0.15) is 6.42 Å². The maximum absolute atomic E-state index is 11.6. The van der Waals surface area contributed by atoms with E-state index in [0.717, 1.165) is 6.42 Å². The van der Waals surface area contributed by atoms with Crippen LogP contribution in [0.25, 0.3) is 11.2 Å². The molecule has 0 saturated heterocycles. The lowest BCUT2D eigenvalue weighted by Crippen LogP contribution is -2.18. The summed E-state index contributed by atoms with van der Waals surface area (Å²) in [5.41, 5.74) is 5.41. The largest absolute Gasteiger partial charge is 0.396 e. The van der Waals surface area contributed by atoms with Crippen LogP contribution in [-0.4, -0.2) is 42.9 Å². The Morgan fingerprint density at radius 3 is 2.89 bits per heavy atom. The second-order valence-electron chi connectivity index (χ2n) is 5.10. The Bertz CT molecular complexity index is 673. The lowest BCUT2D eigenvalue weighted by atomic mass is 10.1. The standard InChI is InChI=1S/C11H15N5O3/c12-10-14-8-7(9(19)15-10)13-5-16(8)2-6-1-11(6,3-17)4-18/h5-6,17-18H,1-4H2,(H3,12,14,15,19)/t6-/m1/s1. The van der Waals surface area contributed by atoms with E-state index >= 15 is 0 Å². The monoisotopic (exact) mass is 265 g/mol. The van der Waals surface area contributed by atoms with Crippen molar-refractivity contribution in [3.05, 3.63) is 16.7 Å². The second-order valence-corrected chi connectivity index (χ2v) is 5.10. The van der Waals surface area contributed by atoms with E-state index in [2.05, 4.69) is 15.0 Å². The Hall–Kier alpha value is -1.93. The van der Waals surface area contributed by atoms with Crippen LogP contribution in [0.3, 0.4) is 0 Å². The summed E-state index contributed by atoms with van der Waals surface area (Å²) >= 11 is 0. The highest BCUT2D eigenvalue weighted by atomic mass is 16.3. The van der Waals surface area contributed by atoms with E-state index in [1.807, 2.05) is 0 Å². The Labute approximate surface area is 107 Å². The number of hydrogen-bond acceptors (Lipinski definition) is 6. The van der Waals surface area contributed by atoms with Crippen LogP contribution in [-0.2, 0) is 6.54 Å². The first-order chi connectivity index (χ1) is 9.09. The van der Waals surface area contributed by atoms with Crippen molar-refractivity contribution in [1.29, 1.82) is 0 Å². The van der Waals surface area contributed by atoms with Crippen LogP contribution >= 0.6 is 0 Å². The van der Waals surface area contributed by atoms with Crippen LogP contribution in [0.4, 0.5) is 5.95 Å². The Kier molecular flexibility index (Phi) is 2.58. The number of imidazole rings is 1. The van der Waals surface area contributed by atoms with E-state index in [9.17, 15) is 15.0 Å². The van der Waals surface area contributed by atoms with E-state index in [0.29, 0.717) is 12.2 Å². The molecule has 1 saturated carbocycles. The molecule has 5 N–H and O–H groups in total. The molecule has 0 bridgehead atoms. The van der Waals surface area contributed by atoms with Gasteiger partial charge in [-0.05, 0) is 12.3 Å². The molecule has 8 nitrogen and oxygen atoms in total. The number of fused-ring (bicyclic) bond motifs is 1. The van der Waals surface area contributed by atoms with E-state index in [4.69, 9.17) is 5.73 Å². The molecule has 0 unspecified atom stereocenters. The molecule has 0 aliphatic heterocycles. The number of aliphatic hydroxyl groups excluding tert-OH is 2. The summed E-state index contributed by atoms with van der Waals surface area (Å²) < 4.78 is 1.73. The summed E-state index contributed by atoms with van der Waals surface area (Å²) in [6.45, 7) is 0.460. The minimum Gasteiger partial charge on any atom is -0.396 e. The fourth-order valence-electron chi connectivity index (χ4n) is 2.47. The minimum atomic E-state index is -0.413. The molecular weight excluding hydrogens is 250 g/mol. The first-order valence-electron chi connectivity index (χ1n) is 6.02. The van der Waals surface area contributed by atoms with Gasteiger partial charge in [0.1, 0.15) is 0 Å². The molecule has 0 aromatic carbocycles. The van der Waals surface area contributed by atoms with E-state index in [-0.39, 0.29) is 36.2 Å². The van der Waals surface area contributed by atoms with Crippen molar-refractivity contribution in [2.75, 3.05) is 18.9 Å². The summed E-state index contributed by atoms with van der Waals surface area (Å²) in [4.78, 5) is 22.1. The van der Waals surface area contributed by atoms with Crippen LogP contribution < -0.4 is 11.3 Å². The van der Waals surface area contributed by atoms with Gasteiger partial charge >= 0.3 is 0 Å². The third kappa shape index (κ3) is 1.80. The number of aromatic amines is 1. The number of rotatable bonds is 4. The van der Waals surface area contributed by atoms with E-state index in [1.165, 1.54) is 6.33 Å². The Morgan fingerprint density at radius 2 is 2.26 bits per heavy atom. The van der Waals surface area contributed by atoms with Gasteiger partial charge in [-0.3, -0.25) is 9.78 Å². The van der Waals surface area contributed by atoms with Crippen molar-refractivity contribution in [2.45, 2.75) is 13.0 Å². The number of hydrogen-bond donors (Lipinski definition) is 4. The van der Waals surface area contributed by atoms with Crippen molar-refractivity contribution in [3.8, 4) is 0 Å². The smallest absolute Gasteiger partial charge is 0.280 e. The normalized spacial score (nSPS) is 20.8. The van der Waals surface area contributed by atoms with Crippen LogP contribution in [0.2, 0.25) is 0 Å². The molecule has 1 aliphatic rings. The lowest BCUT2D eigenvalue weighted by molar-refractivity contribution is 0.119. The fourth-order valence-corrected chi connectivity index (χ4v) is 2.47. The highest BCUT2D eigenvalue weighted by Crippen LogP contribution is 2.52. The van der Waals surface area contributed by atoms with Gasteiger partial charge in [0.15, 0.2) is 11.2 Å². The fraction of sp³-hybridized carbons (Fsp3) is 0.545. The number of aromatic nitrogens is 4. The lowest BCUT2D eigenvalue weighted by Gasteiger charge is -2.10. The van der Waals surface area contributed by atoms with Crippen molar-refractivity contribution < 1.29 is 10.2 Å². The Balaban J connectivity index is 1.93. The maximum atomic E-state index is 11.6. The van der Waals surface area contributed by atoms with E-state index in [1.54, 1.807) is 4.57 Å². The molecule has 19 heavy (non-hydrogen) atoms. The topological polar surface area (TPSA) is 130 Å². The summed E-state index contributed by atoms with van der Waals surface area (Å²) in [6, 6.07) is 0. The van der Waals surface area contributed by atoms with Gasteiger partial charge in [-0.1, -0.05) is 0 Å². The van der Waals surface area contributed by atoms with Crippen LogP contribution in [0, 0.1) is 11.3 Å². The third-order valence-corrected chi connectivity index (χ3v) is 3.90. The third-order valence-electron chi connectivity index (χ3n) is 3.90. The van der Waals surface area contributed by atoms with Crippen LogP contribution in [0.15, 0.2) is 11.1 Å². The van der Waals surface area contributed by atoms with Gasteiger partial charge in [-0.15, -0.1) is 0 Å². The van der Waals surface area contributed by atoms with Crippen molar-refractivity contribution in [2.24, 2.45) is 11.3 Å². The quantitative estimate of drug-likeness (QED) is 0.543. The molecule has 0 amide bonds. The number of nitrogens with zero attached hydrogens (tertiary/aromatic N) is 3. The average Bonchev–Trinajstić information content (AvgIpc) is 2.94. The zero-order valence-corrected chi connectivity index (χ0v) is 10.2. The number of nitrogens with two attached hydrogens (primary N) is 1. The zero-order chi connectivity index (χ0) is 13.6. The average molecular weight is 265 g/mol. The summed E-state index contributed by atoms with van der Waals surface area (Å²) in [7, 11) is 0. The van der Waals surface area contributed by atoms with Gasteiger partial charge in [0, 0.05) is 12.0 Å². The number of anilines is 1. The number of nitrogen functional groups attached to an aromatic ring is 1. The highest BCUT2D eigenvalue weighted by Gasteiger charge is 2.53. The minimum absolute atomic E-state index is 0.0447. The molecule has 8 heteroatoms. The molecule has 1 atom stereocenters. The molecular formula is C11H15N5O3. The first-order valence-corrected chi connectivity index (χ1v) is 6.02. The molecule has 3 rings (SSSR count). The van der Waals surface area contributed by atoms with Crippen molar-refractivity contribution in [3.63, 3.8) is 0 Å². The Morgan fingerprint density at radius 1 is 1.53 bits per heavy atom. The molecule has 1 aliphatic carbocycles. The van der Waals surface area contributed by atoms with Gasteiger partial charge in [0.2, 0.25) is 5.95 Å². The number of aliphatic hydroxyl groups is 2. The van der Waals surface area contributed by atoms with Crippen LogP contribution in [0.5, 0.6) is 0 Å². The predicted octanol–water partition coefficient (Wildman–Crippen LogP) is -1.31. The van der Waals surface area contributed by atoms with Gasteiger partial charge in [0.25, 0.3) is 5.56 Å². The molecule has 1 fully saturated rings. The van der Waals surface area contributed by atoms with E-state index < -0.39 is 5.41 Å². The highest BCUT2D eigenvalue weighted by molar-refractivity contribution is 5.70. The van der Waals surface area contributed by atoms with Crippen molar-refractivity contribution in [1.82, 2.24) is 19.5 Å². The molecule has 2 aromatic heterocycles. The van der Waals surface area contributed by atoms with Gasteiger partial charge in [0.05, 0.1) is 19.5 Å².